The molecule has 0 bridgehead atoms. The molecular weight excluding hydrogens is 208 g/mol. The molecule has 0 saturated heterocycles. The van der Waals surface area contributed by atoms with E-state index >= 15 is 0 Å². The third-order valence-electron chi connectivity index (χ3n) is 1.98. The molecule has 0 aliphatic heterocycles. The lowest BCUT2D eigenvalue weighted by atomic mass is 10.1. The van der Waals surface area contributed by atoms with Gasteiger partial charge in [-0.25, -0.2) is 0 Å². The number of benzene rings is 1. The van der Waals surface area contributed by atoms with Crippen LogP contribution < -0.4 is 5.32 Å². The number of non-ortho nitro benzene ring substituents is 1. The fourth-order valence-electron chi connectivity index (χ4n) is 1.30. The van der Waals surface area contributed by atoms with Gasteiger partial charge in [-0.05, 0) is 18.6 Å². The van der Waals surface area contributed by atoms with Crippen LogP contribution in [0.25, 0.3) is 5.57 Å². The van der Waals surface area contributed by atoms with Crippen molar-refractivity contribution in [1.29, 1.82) is 0 Å². The standard InChI is InChI=1S/C11H12N2O3/c1-7(2)10-6-9(13(15)16)4-5-11(10)12-8(3)14/h4-6H,1H2,2-3H3,(H,12,14). The Morgan fingerprint density at radius 2 is 2.06 bits per heavy atom. The molecule has 0 saturated carbocycles. The van der Waals surface area contributed by atoms with E-state index < -0.39 is 4.92 Å². The fourth-order valence-corrected chi connectivity index (χ4v) is 1.30. The van der Waals surface area contributed by atoms with Gasteiger partial charge in [-0.2, -0.15) is 0 Å². The summed E-state index contributed by atoms with van der Waals surface area (Å²) in [6.45, 7) is 6.83. The second-order valence-electron chi connectivity index (χ2n) is 3.45. The van der Waals surface area contributed by atoms with Crippen LogP contribution in [0, 0.1) is 10.1 Å². The second kappa shape index (κ2) is 4.57. The Bertz CT molecular complexity index is 466. The Hall–Kier alpha value is -2.17. The molecule has 0 atom stereocenters. The maximum atomic E-state index is 10.9. The predicted octanol–water partition coefficient (Wildman–Crippen LogP) is 2.59. The van der Waals surface area contributed by atoms with Crippen LogP contribution in [0.4, 0.5) is 11.4 Å². The highest BCUT2D eigenvalue weighted by atomic mass is 16.6. The Labute approximate surface area is 92.9 Å². The minimum absolute atomic E-state index is 0.0212. The van der Waals surface area contributed by atoms with Crippen LogP contribution in [-0.2, 0) is 4.79 Å². The molecule has 0 aliphatic rings. The zero-order valence-electron chi connectivity index (χ0n) is 9.11. The number of nitro benzene ring substituents is 1. The molecule has 0 aliphatic carbocycles. The Morgan fingerprint density at radius 3 is 2.50 bits per heavy atom. The number of nitrogens with zero attached hydrogens (tertiary/aromatic N) is 1. The molecule has 0 spiro atoms. The lowest BCUT2D eigenvalue weighted by molar-refractivity contribution is -0.384. The van der Waals surface area contributed by atoms with E-state index in [9.17, 15) is 14.9 Å². The molecular formula is C11H12N2O3. The Kier molecular flexibility index (Phi) is 3.40. The topological polar surface area (TPSA) is 72.2 Å². The van der Waals surface area contributed by atoms with Gasteiger partial charge >= 0.3 is 0 Å². The average Bonchev–Trinajstić information content (AvgIpc) is 2.16. The maximum Gasteiger partial charge on any atom is 0.270 e. The molecule has 1 N–H and O–H groups in total. The van der Waals surface area contributed by atoms with Gasteiger partial charge in [0.05, 0.1) is 4.92 Å². The smallest absolute Gasteiger partial charge is 0.270 e. The zero-order chi connectivity index (χ0) is 12.3. The summed E-state index contributed by atoms with van der Waals surface area (Å²) in [5, 5.41) is 13.2. The molecule has 1 rings (SSSR count). The minimum Gasteiger partial charge on any atom is -0.326 e. The van der Waals surface area contributed by atoms with Crippen LogP contribution in [0.5, 0.6) is 0 Å². The summed E-state index contributed by atoms with van der Waals surface area (Å²) in [4.78, 5) is 21.0. The van der Waals surface area contributed by atoms with Crippen molar-refractivity contribution in [2.45, 2.75) is 13.8 Å². The maximum absolute atomic E-state index is 10.9. The van der Waals surface area contributed by atoms with Crippen LogP contribution >= 0.6 is 0 Å². The Morgan fingerprint density at radius 1 is 1.44 bits per heavy atom. The van der Waals surface area contributed by atoms with Crippen LogP contribution in [0.3, 0.4) is 0 Å². The van der Waals surface area contributed by atoms with Gasteiger partial charge in [-0.1, -0.05) is 6.58 Å². The molecule has 1 aromatic rings. The van der Waals surface area contributed by atoms with Gasteiger partial charge in [0.15, 0.2) is 0 Å². The van der Waals surface area contributed by atoms with Crippen LogP contribution in [0.15, 0.2) is 24.8 Å². The number of amides is 1. The Balaban J connectivity index is 3.24. The number of hydrogen-bond acceptors (Lipinski definition) is 3. The molecule has 1 amide bonds. The lowest BCUT2D eigenvalue weighted by Gasteiger charge is -2.09. The van der Waals surface area contributed by atoms with Crippen LogP contribution in [0.1, 0.15) is 19.4 Å². The SMILES string of the molecule is C=C(C)c1cc([N+](=O)[O-])ccc1NC(C)=O. The van der Waals surface area contributed by atoms with Crippen molar-refractivity contribution in [2.75, 3.05) is 5.32 Å². The van der Waals surface area contributed by atoms with Gasteiger partial charge in [0.1, 0.15) is 0 Å². The fraction of sp³-hybridized carbons (Fsp3) is 0.182. The minimum atomic E-state index is -0.482. The van der Waals surface area contributed by atoms with Gasteiger partial charge < -0.3 is 5.32 Å². The third kappa shape index (κ3) is 2.66. The first-order valence-corrected chi connectivity index (χ1v) is 4.63. The van der Waals surface area contributed by atoms with E-state index in [-0.39, 0.29) is 11.6 Å². The number of allylic oxidation sites excluding steroid dienone is 1. The predicted molar refractivity (Wildman–Crippen MR) is 62.1 cm³/mol. The van der Waals surface area contributed by atoms with E-state index in [2.05, 4.69) is 11.9 Å². The number of nitrogens with one attached hydrogen (secondary N) is 1. The molecule has 0 unspecified atom stereocenters. The monoisotopic (exact) mass is 220 g/mol. The summed E-state index contributed by atoms with van der Waals surface area (Å²) in [5.41, 5.74) is 1.74. The summed E-state index contributed by atoms with van der Waals surface area (Å²) < 4.78 is 0. The van der Waals surface area contributed by atoms with Crippen molar-refractivity contribution in [3.63, 3.8) is 0 Å². The van der Waals surface area contributed by atoms with Crippen molar-refractivity contribution in [1.82, 2.24) is 0 Å². The van der Waals surface area contributed by atoms with Crippen molar-refractivity contribution in [2.24, 2.45) is 0 Å². The largest absolute Gasteiger partial charge is 0.326 e. The average molecular weight is 220 g/mol. The highest BCUT2D eigenvalue weighted by Crippen LogP contribution is 2.27. The highest BCUT2D eigenvalue weighted by Gasteiger charge is 2.11. The molecule has 16 heavy (non-hydrogen) atoms. The number of carbonyl (C=O) groups is 1. The quantitative estimate of drug-likeness (QED) is 0.628. The van der Waals surface area contributed by atoms with E-state index in [4.69, 9.17) is 0 Å². The third-order valence-corrected chi connectivity index (χ3v) is 1.98. The summed E-state index contributed by atoms with van der Waals surface area (Å²) in [6.07, 6.45) is 0. The van der Waals surface area contributed by atoms with E-state index in [0.29, 0.717) is 16.8 Å². The molecule has 1 aromatic carbocycles. The number of carbonyl (C=O) groups excluding carboxylic acids is 1. The van der Waals surface area contributed by atoms with Gasteiger partial charge in [0.25, 0.3) is 5.69 Å². The van der Waals surface area contributed by atoms with E-state index in [1.807, 2.05) is 0 Å². The lowest BCUT2D eigenvalue weighted by Crippen LogP contribution is -2.07. The molecule has 0 aromatic heterocycles. The highest BCUT2D eigenvalue weighted by molar-refractivity contribution is 5.92. The van der Waals surface area contributed by atoms with Gasteiger partial charge in [-0.3, -0.25) is 14.9 Å². The van der Waals surface area contributed by atoms with E-state index in [1.54, 1.807) is 6.92 Å². The zero-order valence-corrected chi connectivity index (χ0v) is 9.11. The van der Waals surface area contributed by atoms with Gasteiger partial charge in [0.2, 0.25) is 5.91 Å². The van der Waals surface area contributed by atoms with Crippen molar-refractivity contribution in [3.8, 4) is 0 Å². The number of anilines is 1. The normalized spacial score (nSPS) is 9.62. The van der Waals surface area contributed by atoms with E-state index in [1.165, 1.54) is 25.1 Å². The van der Waals surface area contributed by atoms with E-state index in [0.717, 1.165) is 0 Å². The van der Waals surface area contributed by atoms with Gasteiger partial charge in [0, 0.05) is 30.3 Å². The van der Waals surface area contributed by atoms with Gasteiger partial charge in [-0.15, -0.1) is 0 Å². The van der Waals surface area contributed by atoms with Crippen molar-refractivity contribution < 1.29 is 9.72 Å². The number of hydrogen-bond donors (Lipinski definition) is 1. The summed E-state index contributed by atoms with van der Waals surface area (Å²) >= 11 is 0. The summed E-state index contributed by atoms with van der Waals surface area (Å²) in [5.74, 6) is -0.226. The molecule has 0 radical (unpaired) electrons. The number of rotatable bonds is 3. The molecule has 5 nitrogen and oxygen atoms in total. The van der Waals surface area contributed by atoms with Crippen LogP contribution in [0.2, 0.25) is 0 Å². The first kappa shape index (κ1) is 11.9. The first-order valence-electron chi connectivity index (χ1n) is 4.63. The molecule has 0 fully saturated rings. The number of nitro groups is 1. The second-order valence-corrected chi connectivity index (χ2v) is 3.45. The molecule has 84 valence electrons. The van der Waals surface area contributed by atoms with Crippen molar-refractivity contribution >= 4 is 22.9 Å². The van der Waals surface area contributed by atoms with Crippen molar-refractivity contribution in [3.05, 3.63) is 40.5 Å². The van der Waals surface area contributed by atoms with Crippen LogP contribution in [-0.4, -0.2) is 10.8 Å². The molecule has 5 heteroatoms. The first-order chi connectivity index (χ1) is 7.41. The molecule has 0 heterocycles. The summed E-state index contributed by atoms with van der Waals surface area (Å²) in [6, 6.07) is 4.24. The summed E-state index contributed by atoms with van der Waals surface area (Å²) in [7, 11) is 0.